The van der Waals surface area contributed by atoms with Crippen LogP contribution in [0.2, 0.25) is 0 Å². The molecule has 0 amide bonds. The SMILES string of the molecule is CC(=O)O.[Cr+3].[Cr+3].[O-2].[O-2].[O-2]. The molecule has 0 bridgehead atoms. The zero-order valence-electron chi connectivity index (χ0n) is 4.40. The summed E-state index contributed by atoms with van der Waals surface area (Å²) in [6, 6.07) is 0. The maximum atomic E-state index is 9.00. The van der Waals surface area contributed by atoms with E-state index in [9.17, 15) is 0 Å². The van der Waals surface area contributed by atoms with Crippen molar-refractivity contribution in [3.63, 3.8) is 0 Å². The van der Waals surface area contributed by atoms with Crippen LogP contribution in [0.15, 0.2) is 0 Å². The van der Waals surface area contributed by atoms with E-state index in [1.165, 1.54) is 0 Å². The van der Waals surface area contributed by atoms with E-state index in [-0.39, 0.29) is 51.2 Å². The average molecular weight is 212 g/mol. The van der Waals surface area contributed by atoms with Crippen molar-refractivity contribution in [2.24, 2.45) is 0 Å². The molecular weight excluding hydrogens is 208 g/mol. The van der Waals surface area contributed by atoms with Gasteiger partial charge in [-0.1, -0.05) is 0 Å². The second-order valence-corrected chi connectivity index (χ2v) is 0.519. The van der Waals surface area contributed by atoms with E-state index in [1.54, 1.807) is 0 Å². The van der Waals surface area contributed by atoms with Crippen molar-refractivity contribution in [2.75, 3.05) is 0 Å². The maximum Gasteiger partial charge on any atom is 3.00 e. The van der Waals surface area contributed by atoms with Gasteiger partial charge in [0, 0.05) is 6.92 Å². The average Bonchev–Trinajstić information content (AvgIpc) is 0.811. The topological polar surface area (TPSA) is 123 Å². The molecule has 1 N–H and O–H groups in total. The van der Waals surface area contributed by atoms with Crippen LogP contribution in [0.4, 0.5) is 0 Å². The monoisotopic (exact) mass is 212 g/mol. The van der Waals surface area contributed by atoms with Crippen molar-refractivity contribution in [1.29, 1.82) is 0 Å². The zero-order valence-corrected chi connectivity index (χ0v) is 6.95. The molecule has 0 aromatic carbocycles. The molecule has 0 aromatic rings. The van der Waals surface area contributed by atoms with E-state index >= 15 is 0 Å². The maximum absolute atomic E-state index is 9.00. The van der Waals surface area contributed by atoms with Gasteiger partial charge in [-0.2, -0.15) is 0 Å². The molecule has 0 aliphatic heterocycles. The Hall–Kier alpha value is 0.415. The summed E-state index contributed by atoms with van der Waals surface area (Å²) >= 11 is 0. The van der Waals surface area contributed by atoms with Crippen molar-refractivity contribution in [3.8, 4) is 0 Å². The van der Waals surface area contributed by atoms with Crippen LogP contribution < -0.4 is 0 Å². The van der Waals surface area contributed by atoms with Gasteiger partial charge in [0.25, 0.3) is 5.97 Å². The van der Waals surface area contributed by atoms with E-state index in [0.717, 1.165) is 6.92 Å². The van der Waals surface area contributed by atoms with Crippen molar-refractivity contribution in [1.82, 2.24) is 0 Å². The summed E-state index contributed by atoms with van der Waals surface area (Å²) in [5.41, 5.74) is 0. The Labute approximate surface area is 74.2 Å². The molecule has 7 heteroatoms. The van der Waals surface area contributed by atoms with Crippen LogP contribution in [0.3, 0.4) is 0 Å². The molecule has 0 spiro atoms. The third-order valence-corrected chi connectivity index (χ3v) is 0. The summed E-state index contributed by atoms with van der Waals surface area (Å²) in [7, 11) is 0. The fraction of sp³-hybridized carbons (Fsp3) is 0.500. The van der Waals surface area contributed by atoms with Crippen LogP contribution in [0.25, 0.3) is 0 Å². The summed E-state index contributed by atoms with van der Waals surface area (Å²) in [6.45, 7) is 1.08. The standard InChI is InChI=1S/C2H4O2.2Cr.3O/c1-2(3)4;;;;;/h1H3,(H,3,4);;;;;/q;2*+3;3*-2. The number of rotatable bonds is 0. The second-order valence-electron chi connectivity index (χ2n) is 0.519. The van der Waals surface area contributed by atoms with Gasteiger partial charge in [-0.15, -0.1) is 0 Å². The number of hydrogen-bond acceptors (Lipinski definition) is 1. The van der Waals surface area contributed by atoms with Crippen LogP contribution in [-0.2, 0) is 55.9 Å². The predicted molar refractivity (Wildman–Crippen MR) is 15.4 cm³/mol. The fourth-order valence-corrected chi connectivity index (χ4v) is 0. The van der Waals surface area contributed by atoms with Crippen molar-refractivity contribution in [3.05, 3.63) is 0 Å². The quantitative estimate of drug-likeness (QED) is 0.593. The number of carboxylic acid groups (broad SMARTS) is 1. The molecular formula is C2H4Cr2O5. The second kappa shape index (κ2) is 39.7. The largest absolute Gasteiger partial charge is 3.00 e. The Balaban J connectivity index is -0.00000000450. The molecule has 54 valence electrons. The van der Waals surface area contributed by atoms with Crippen molar-refractivity contribution in [2.45, 2.75) is 6.92 Å². The van der Waals surface area contributed by atoms with Gasteiger partial charge in [0.15, 0.2) is 0 Å². The Morgan fingerprint density at radius 3 is 1.11 bits per heavy atom. The summed E-state index contributed by atoms with van der Waals surface area (Å²) in [5.74, 6) is -0.833. The van der Waals surface area contributed by atoms with Gasteiger partial charge >= 0.3 is 34.7 Å². The van der Waals surface area contributed by atoms with Crippen molar-refractivity contribution < 1.29 is 61.1 Å². The molecule has 0 fully saturated rings. The molecule has 0 aliphatic carbocycles. The first-order chi connectivity index (χ1) is 1.73. The summed E-state index contributed by atoms with van der Waals surface area (Å²) < 4.78 is 0. The van der Waals surface area contributed by atoms with Gasteiger partial charge in [0.2, 0.25) is 0 Å². The van der Waals surface area contributed by atoms with E-state index < -0.39 is 5.97 Å². The minimum absolute atomic E-state index is 0. The molecule has 0 unspecified atom stereocenters. The molecule has 0 saturated heterocycles. The summed E-state index contributed by atoms with van der Waals surface area (Å²) in [4.78, 5) is 9.00. The first-order valence-electron chi connectivity index (χ1n) is 0.928. The molecule has 0 saturated carbocycles. The van der Waals surface area contributed by atoms with Gasteiger partial charge in [-0.3, -0.25) is 4.79 Å². The summed E-state index contributed by atoms with van der Waals surface area (Å²) in [6.07, 6.45) is 0. The molecule has 9 heavy (non-hydrogen) atoms. The van der Waals surface area contributed by atoms with E-state index in [1.807, 2.05) is 0 Å². The van der Waals surface area contributed by atoms with Gasteiger partial charge in [0.1, 0.15) is 0 Å². The van der Waals surface area contributed by atoms with Crippen LogP contribution >= 0.6 is 0 Å². The minimum Gasteiger partial charge on any atom is -2.00 e. The molecule has 0 rings (SSSR count). The van der Waals surface area contributed by atoms with Gasteiger partial charge in [-0.25, -0.2) is 0 Å². The van der Waals surface area contributed by atoms with E-state index in [4.69, 9.17) is 9.90 Å². The molecule has 0 atom stereocenters. The molecule has 2 radical (unpaired) electrons. The number of hydrogen-bond donors (Lipinski definition) is 1. The molecule has 5 nitrogen and oxygen atoms in total. The Morgan fingerprint density at radius 1 is 1.11 bits per heavy atom. The molecule has 0 aliphatic rings. The van der Waals surface area contributed by atoms with Crippen LogP contribution in [-0.4, -0.2) is 11.1 Å². The summed E-state index contributed by atoms with van der Waals surface area (Å²) in [5, 5.41) is 7.42. The number of carboxylic acids is 1. The zero-order chi connectivity index (χ0) is 3.58. The van der Waals surface area contributed by atoms with Gasteiger partial charge < -0.3 is 21.5 Å². The number of carbonyl (C=O) groups is 1. The van der Waals surface area contributed by atoms with E-state index in [0.29, 0.717) is 0 Å². The first kappa shape index (κ1) is 57.2. The molecule has 0 heterocycles. The Morgan fingerprint density at radius 2 is 1.11 bits per heavy atom. The minimum atomic E-state index is -0.833. The van der Waals surface area contributed by atoms with Crippen LogP contribution in [0.1, 0.15) is 6.92 Å². The Kier molecular flexibility index (Phi) is 252. The normalized spacial score (nSPS) is 2.78. The number of aliphatic carboxylic acids is 1. The fourth-order valence-electron chi connectivity index (χ4n) is 0. The first-order valence-corrected chi connectivity index (χ1v) is 0.928. The van der Waals surface area contributed by atoms with Crippen LogP contribution in [0.5, 0.6) is 0 Å². The smallest absolute Gasteiger partial charge is 2.00 e. The third-order valence-electron chi connectivity index (χ3n) is 0. The van der Waals surface area contributed by atoms with E-state index in [2.05, 4.69) is 0 Å². The third kappa shape index (κ3) is 2010. The van der Waals surface area contributed by atoms with Gasteiger partial charge in [-0.05, 0) is 0 Å². The van der Waals surface area contributed by atoms with Gasteiger partial charge in [0.05, 0.1) is 0 Å². The predicted octanol–water partition coefficient (Wildman–Crippen LogP) is -0.271. The van der Waals surface area contributed by atoms with Crippen LogP contribution in [0, 0.1) is 0 Å². The van der Waals surface area contributed by atoms with Crippen molar-refractivity contribution >= 4 is 5.97 Å². The Bertz CT molecular complexity index is 35.9. The molecule has 0 aromatic heterocycles.